The average Bonchev–Trinajstić information content (AvgIpc) is 2.55. The third-order valence-electron chi connectivity index (χ3n) is 3.71. The van der Waals surface area contributed by atoms with Gasteiger partial charge in [-0.3, -0.25) is 0 Å². The minimum atomic E-state index is 0.782. The molecule has 1 aromatic carbocycles. The van der Waals surface area contributed by atoms with E-state index in [1.54, 1.807) is 0 Å². The van der Waals surface area contributed by atoms with Gasteiger partial charge in [0.1, 0.15) is 10.7 Å². The van der Waals surface area contributed by atoms with Crippen molar-refractivity contribution >= 4 is 17.2 Å². The van der Waals surface area contributed by atoms with Gasteiger partial charge in [0, 0.05) is 12.1 Å². The molecule has 22 heavy (non-hydrogen) atoms. The van der Waals surface area contributed by atoms with Crippen LogP contribution in [-0.4, -0.2) is 42.7 Å². The Kier molecular flexibility index (Phi) is 9.84. The normalized spacial score (nSPS) is 10.7. The van der Waals surface area contributed by atoms with Crippen LogP contribution < -0.4 is 10.1 Å². The minimum Gasteiger partial charge on any atom is -0.494 e. The van der Waals surface area contributed by atoms with Crippen LogP contribution in [-0.2, 0) is 0 Å². The van der Waals surface area contributed by atoms with Gasteiger partial charge in [-0.25, -0.2) is 0 Å². The molecule has 0 fully saturated rings. The Balaban J connectivity index is 2.30. The number of unbranched alkanes of at least 4 members (excludes halogenated alkanes) is 1. The second-order valence-corrected chi connectivity index (χ2v) is 5.77. The van der Waals surface area contributed by atoms with Crippen LogP contribution in [0.15, 0.2) is 24.3 Å². The number of hydrogen-bond acceptors (Lipinski definition) is 3. The molecule has 0 heterocycles. The van der Waals surface area contributed by atoms with Crippen LogP contribution in [0.3, 0.4) is 0 Å². The zero-order valence-corrected chi connectivity index (χ0v) is 15.0. The van der Waals surface area contributed by atoms with Crippen LogP contribution in [0.4, 0.5) is 0 Å². The second-order valence-electron chi connectivity index (χ2n) is 5.36. The first-order valence-electron chi connectivity index (χ1n) is 8.44. The van der Waals surface area contributed by atoms with Gasteiger partial charge in [0.05, 0.1) is 6.61 Å². The van der Waals surface area contributed by atoms with Gasteiger partial charge in [0.2, 0.25) is 0 Å². The van der Waals surface area contributed by atoms with E-state index in [4.69, 9.17) is 17.0 Å². The van der Waals surface area contributed by atoms with Crippen LogP contribution in [0.1, 0.15) is 45.6 Å². The number of benzene rings is 1. The third-order valence-corrected chi connectivity index (χ3v) is 4.09. The summed E-state index contributed by atoms with van der Waals surface area (Å²) in [5.74, 6) is 0.918. The van der Waals surface area contributed by atoms with Crippen LogP contribution >= 0.6 is 12.2 Å². The van der Waals surface area contributed by atoms with Crippen molar-refractivity contribution in [3.05, 3.63) is 29.8 Å². The summed E-state index contributed by atoms with van der Waals surface area (Å²) in [6, 6.07) is 8.05. The maximum absolute atomic E-state index is 5.66. The lowest BCUT2D eigenvalue weighted by Gasteiger charge is -2.18. The monoisotopic (exact) mass is 322 g/mol. The lowest BCUT2D eigenvalue weighted by Crippen LogP contribution is -2.29. The molecule has 124 valence electrons. The molecule has 0 saturated heterocycles. The average molecular weight is 323 g/mol. The molecule has 0 atom stereocenters. The van der Waals surface area contributed by atoms with Crippen molar-refractivity contribution in [2.45, 2.75) is 40.0 Å². The largest absolute Gasteiger partial charge is 0.494 e. The van der Waals surface area contributed by atoms with Gasteiger partial charge < -0.3 is 15.0 Å². The zero-order chi connectivity index (χ0) is 16.2. The van der Waals surface area contributed by atoms with Gasteiger partial charge in [-0.2, -0.15) is 0 Å². The maximum atomic E-state index is 5.66. The summed E-state index contributed by atoms with van der Waals surface area (Å²) in [5.41, 5.74) is 1.06. The first-order chi connectivity index (χ1) is 10.7. The number of thiocarbonyl (C=S) groups is 1. The number of hydrogen-bond donors (Lipinski definition) is 1. The van der Waals surface area contributed by atoms with Crippen molar-refractivity contribution in [2.24, 2.45) is 0 Å². The highest BCUT2D eigenvalue weighted by atomic mass is 32.1. The zero-order valence-electron chi connectivity index (χ0n) is 14.2. The van der Waals surface area contributed by atoms with E-state index in [1.165, 1.54) is 0 Å². The topological polar surface area (TPSA) is 24.5 Å². The molecule has 1 aromatic rings. The number of nitrogens with one attached hydrogen (secondary N) is 1. The number of ether oxygens (including phenoxy) is 1. The molecule has 0 radical (unpaired) electrons. The summed E-state index contributed by atoms with van der Waals surface area (Å²) >= 11 is 5.44. The molecule has 0 aliphatic heterocycles. The van der Waals surface area contributed by atoms with Crippen LogP contribution in [0, 0.1) is 0 Å². The fourth-order valence-electron chi connectivity index (χ4n) is 2.18. The summed E-state index contributed by atoms with van der Waals surface area (Å²) < 4.78 is 5.66. The standard InChI is InChI=1S/C18H30N2OS/c1-4-7-15-21-17-11-9-16(10-12-17)18(22)19-13-8-14-20(5-2)6-3/h9-12H,4-8,13-15H2,1-3H3,(H,19,22). The fourth-order valence-corrected chi connectivity index (χ4v) is 2.42. The SMILES string of the molecule is CCCCOc1ccc(C(=S)NCCCN(CC)CC)cc1. The predicted molar refractivity (Wildman–Crippen MR) is 99.0 cm³/mol. The first-order valence-corrected chi connectivity index (χ1v) is 8.85. The molecular formula is C18H30N2OS. The van der Waals surface area contributed by atoms with Crippen molar-refractivity contribution in [1.29, 1.82) is 0 Å². The smallest absolute Gasteiger partial charge is 0.119 e. The minimum absolute atomic E-state index is 0.782. The molecule has 1 rings (SSSR count). The van der Waals surface area contributed by atoms with Gasteiger partial charge >= 0.3 is 0 Å². The molecule has 0 unspecified atom stereocenters. The van der Waals surface area contributed by atoms with E-state index in [1.807, 2.05) is 24.3 Å². The molecule has 0 saturated carbocycles. The van der Waals surface area contributed by atoms with Gasteiger partial charge in [-0.15, -0.1) is 0 Å². The third kappa shape index (κ3) is 7.23. The summed E-state index contributed by atoms with van der Waals surface area (Å²) in [5, 5.41) is 3.34. The predicted octanol–water partition coefficient (Wildman–Crippen LogP) is 3.86. The molecule has 0 aliphatic carbocycles. The highest BCUT2D eigenvalue weighted by Crippen LogP contribution is 2.13. The summed E-state index contributed by atoms with van der Waals surface area (Å²) in [4.78, 5) is 3.24. The molecule has 0 aromatic heterocycles. The van der Waals surface area contributed by atoms with Gasteiger partial charge in [-0.05, 0) is 56.7 Å². The van der Waals surface area contributed by atoms with E-state index >= 15 is 0 Å². The van der Waals surface area contributed by atoms with E-state index in [2.05, 4.69) is 31.0 Å². The van der Waals surface area contributed by atoms with E-state index in [-0.39, 0.29) is 0 Å². The molecule has 0 bridgehead atoms. The summed E-state index contributed by atoms with van der Waals surface area (Å²) in [6.07, 6.45) is 3.36. The highest BCUT2D eigenvalue weighted by Gasteiger charge is 2.02. The quantitative estimate of drug-likeness (QED) is 0.494. The molecule has 4 heteroatoms. The summed E-state index contributed by atoms with van der Waals surface area (Å²) in [7, 11) is 0. The van der Waals surface area contributed by atoms with Crippen molar-refractivity contribution in [3.63, 3.8) is 0 Å². The van der Waals surface area contributed by atoms with E-state index in [0.29, 0.717) is 0 Å². The molecule has 3 nitrogen and oxygen atoms in total. The lowest BCUT2D eigenvalue weighted by atomic mass is 10.2. The Bertz CT molecular complexity index is 416. The van der Waals surface area contributed by atoms with Gasteiger partial charge in [-0.1, -0.05) is 39.4 Å². The maximum Gasteiger partial charge on any atom is 0.119 e. The van der Waals surface area contributed by atoms with E-state index < -0.39 is 0 Å². The van der Waals surface area contributed by atoms with Crippen LogP contribution in [0.25, 0.3) is 0 Å². The van der Waals surface area contributed by atoms with Gasteiger partial charge in [0.15, 0.2) is 0 Å². The van der Waals surface area contributed by atoms with Crippen molar-refractivity contribution in [1.82, 2.24) is 10.2 Å². The summed E-state index contributed by atoms with van der Waals surface area (Å²) in [6.45, 7) is 11.6. The Morgan fingerprint density at radius 1 is 1.09 bits per heavy atom. The molecule has 0 aliphatic rings. The fraction of sp³-hybridized carbons (Fsp3) is 0.611. The molecule has 0 amide bonds. The molecular weight excluding hydrogens is 292 g/mol. The Labute approximate surface area is 141 Å². The Hall–Kier alpha value is -1.13. The number of rotatable bonds is 11. The highest BCUT2D eigenvalue weighted by molar-refractivity contribution is 7.80. The Morgan fingerprint density at radius 2 is 1.77 bits per heavy atom. The second kappa shape index (κ2) is 11.4. The van der Waals surface area contributed by atoms with E-state index in [9.17, 15) is 0 Å². The molecule has 1 N–H and O–H groups in total. The van der Waals surface area contributed by atoms with Gasteiger partial charge in [0.25, 0.3) is 0 Å². The number of nitrogens with zero attached hydrogens (tertiary/aromatic N) is 1. The molecule has 0 spiro atoms. The van der Waals surface area contributed by atoms with Crippen molar-refractivity contribution in [2.75, 3.05) is 32.8 Å². The Morgan fingerprint density at radius 3 is 2.36 bits per heavy atom. The van der Waals surface area contributed by atoms with Crippen molar-refractivity contribution < 1.29 is 4.74 Å². The van der Waals surface area contributed by atoms with Crippen LogP contribution in [0.5, 0.6) is 5.75 Å². The van der Waals surface area contributed by atoms with Crippen molar-refractivity contribution in [3.8, 4) is 5.75 Å². The van der Waals surface area contributed by atoms with Crippen LogP contribution in [0.2, 0.25) is 0 Å². The first kappa shape index (κ1) is 18.9. The van der Waals surface area contributed by atoms with E-state index in [0.717, 1.165) is 68.3 Å². The lowest BCUT2D eigenvalue weighted by molar-refractivity contribution is 0.300.